The van der Waals surface area contributed by atoms with Crippen LogP contribution in [0.25, 0.3) is 10.9 Å². The molecule has 0 saturated carbocycles. The summed E-state index contributed by atoms with van der Waals surface area (Å²) < 4.78 is 7.02. The van der Waals surface area contributed by atoms with Gasteiger partial charge in [0.15, 0.2) is 5.16 Å². The van der Waals surface area contributed by atoms with Crippen LogP contribution in [-0.4, -0.2) is 40.8 Å². The molecule has 0 aliphatic heterocycles. The second kappa shape index (κ2) is 10.6. The van der Waals surface area contributed by atoms with Crippen LogP contribution in [0.15, 0.2) is 32.6 Å². The average molecular weight is 470 g/mol. The van der Waals surface area contributed by atoms with Crippen LogP contribution in [0.2, 0.25) is 0 Å². The number of ether oxygens (including phenoxy) is 1. The minimum Gasteiger partial charge on any atom is -0.469 e. The molecule has 1 heterocycles. The number of benzene rings is 1. The Balaban J connectivity index is 2.10. The predicted molar refractivity (Wildman–Crippen MR) is 114 cm³/mol. The van der Waals surface area contributed by atoms with E-state index in [1.54, 1.807) is 16.7 Å². The summed E-state index contributed by atoms with van der Waals surface area (Å²) in [6, 6.07) is 5.39. The third-order valence-corrected chi connectivity index (χ3v) is 5.34. The zero-order chi connectivity index (χ0) is 20.7. The number of hydrogen-bond donors (Lipinski definition) is 1. The fourth-order valence-corrected chi connectivity index (χ4v) is 3.75. The Kier molecular flexibility index (Phi) is 8.50. The maximum Gasteiger partial charge on any atom is 0.305 e. The van der Waals surface area contributed by atoms with E-state index >= 15 is 0 Å². The van der Waals surface area contributed by atoms with Crippen molar-refractivity contribution in [2.75, 3.05) is 19.4 Å². The van der Waals surface area contributed by atoms with Crippen LogP contribution in [0.5, 0.6) is 0 Å². The molecule has 0 bridgehead atoms. The van der Waals surface area contributed by atoms with Crippen molar-refractivity contribution in [3.05, 3.63) is 33.0 Å². The van der Waals surface area contributed by atoms with Gasteiger partial charge >= 0.3 is 5.97 Å². The largest absolute Gasteiger partial charge is 0.469 e. The highest BCUT2D eigenvalue weighted by Crippen LogP contribution is 2.21. The molecule has 1 aromatic heterocycles. The predicted octanol–water partition coefficient (Wildman–Crippen LogP) is 2.98. The highest BCUT2D eigenvalue weighted by atomic mass is 79.9. The Morgan fingerprint density at radius 3 is 2.79 bits per heavy atom. The second-order valence-electron chi connectivity index (χ2n) is 6.68. The van der Waals surface area contributed by atoms with Crippen molar-refractivity contribution < 1.29 is 14.3 Å². The Morgan fingerprint density at radius 1 is 1.36 bits per heavy atom. The normalized spacial score (nSPS) is 11.0. The fraction of sp³-hybridized carbons (Fsp3) is 0.474. The maximum absolute atomic E-state index is 12.9. The van der Waals surface area contributed by atoms with E-state index in [4.69, 9.17) is 0 Å². The maximum atomic E-state index is 12.9. The highest BCUT2D eigenvalue weighted by molar-refractivity contribution is 9.10. The number of rotatable bonds is 9. The van der Waals surface area contributed by atoms with E-state index in [9.17, 15) is 14.4 Å². The van der Waals surface area contributed by atoms with Crippen molar-refractivity contribution in [3.8, 4) is 0 Å². The summed E-state index contributed by atoms with van der Waals surface area (Å²) in [7, 11) is 1.34. The van der Waals surface area contributed by atoms with Crippen molar-refractivity contribution in [2.45, 2.75) is 38.4 Å². The third-order valence-electron chi connectivity index (χ3n) is 3.87. The van der Waals surface area contributed by atoms with Crippen LogP contribution < -0.4 is 10.9 Å². The first-order valence-electron chi connectivity index (χ1n) is 8.98. The number of carbonyl (C=O) groups is 2. The van der Waals surface area contributed by atoms with Crippen LogP contribution in [0.1, 0.15) is 26.7 Å². The average Bonchev–Trinajstić information content (AvgIpc) is 2.66. The van der Waals surface area contributed by atoms with Crippen LogP contribution in [0, 0.1) is 5.92 Å². The quantitative estimate of drug-likeness (QED) is 0.262. The summed E-state index contributed by atoms with van der Waals surface area (Å²) in [6.45, 7) is 4.98. The zero-order valence-electron chi connectivity index (χ0n) is 16.2. The number of carbonyl (C=O) groups excluding carboxylic acids is 2. The van der Waals surface area contributed by atoms with Crippen LogP contribution in [0.4, 0.5) is 0 Å². The van der Waals surface area contributed by atoms with E-state index in [-0.39, 0.29) is 35.5 Å². The molecule has 0 radical (unpaired) electrons. The summed E-state index contributed by atoms with van der Waals surface area (Å²) >= 11 is 4.63. The molecular formula is C19H24BrN3O4S. The molecule has 9 heteroatoms. The number of aromatic nitrogens is 2. The summed E-state index contributed by atoms with van der Waals surface area (Å²) in [5.41, 5.74) is 0.496. The van der Waals surface area contributed by atoms with Gasteiger partial charge in [0.1, 0.15) is 0 Å². The first kappa shape index (κ1) is 22.4. The summed E-state index contributed by atoms with van der Waals surface area (Å²) in [5, 5.41) is 3.84. The SMILES string of the molecule is COC(=O)CCCNC(=O)CSc1nc2ccc(Br)cc2c(=O)n1CC(C)C. The molecule has 2 aromatic rings. The number of methoxy groups -OCH3 is 1. The summed E-state index contributed by atoms with van der Waals surface area (Å²) in [4.78, 5) is 40.7. The molecule has 0 spiro atoms. The lowest BCUT2D eigenvalue weighted by Gasteiger charge is -2.15. The Hall–Kier alpha value is -1.87. The van der Waals surface area contributed by atoms with Gasteiger partial charge in [0.25, 0.3) is 5.56 Å². The molecule has 0 fully saturated rings. The van der Waals surface area contributed by atoms with Crippen molar-refractivity contribution >= 4 is 50.5 Å². The summed E-state index contributed by atoms with van der Waals surface area (Å²) in [6.07, 6.45) is 0.782. The molecule has 2 rings (SSSR count). The van der Waals surface area contributed by atoms with E-state index in [1.165, 1.54) is 18.9 Å². The fourth-order valence-electron chi connectivity index (χ4n) is 2.55. The number of halogens is 1. The van der Waals surface area contributed by atoms with Gasteiger partial charge in [-0.05, 0) is 30.5 Å². The van der Waals surface area contributed by atoms with Gasteiger partial charge in [-0.15, -0.1) is 0 Å². The van der Waals surface area contributed by atoms with Gasteiger partial charge in [-0.3, -0.25) is 19.0 Å². The second-order valence-corrected chi connectivity index (χ2v) is 8.54. The van der Waals surface area contributed by atoms with Crippen molar-refractivity contribution in [2.24, 2.45) is 5.92 Å². The molecule has 0 aliphatic rings. The smallest absolute Gasteiger partial charge is 0.305 e. The van der Waals surface area contributed by atoms with Crippen molar-refractivity contribution in [3.63, 3.8) is 0 Å². The monoisotopic (exact) mass is 469 g/mol. The van der Waals surface area contributed by atoms with Gasteiger partial charge in [-0.2, -0.15) is 0 Å². The van der Waals surface area contributed by atoms with Crippen molar-refractivity contribution in [1.29, 1.82) is 0 Å². The lowest BCUT2D eigenvalue weighted by atomic mass is 10.2. The number of esters is 1. The summed E-state index contributed by atoms with van der Waals surface area (Å²) in [5.74, 6) is -0.0646. The molecular weight excluding hydrogens is 446 g/mol. The molecule has 0 atom stereocenters. The van der Waals surface area contributed by atoms with Crippen LogP contribution >= 0.6 is 27.7 Å². The van der Waals surface area contributed by atoms with E-state index in [0.29, 0.717) is 35.6 Å². The first-order valence-corrected chi connectivity index (χ1v) is 10.8. The topological polar surface area (TPSA) is 90.3 Å². The van der Waals surface area contributed by atoms with E-state index < -0.39 is 0 Å². The van der Waals surface area contributed by atoms with Gasteiger partial charge < -0.3 is 10.1 Å². The van der Waals surface area contributed by atoms with E-state index in [2.05, 4.69) is 31.0 Å². The molecule has 1 amide bonds. The van der Waals surface area contributed by atoms with Gasteiger partial charge in [0, 0.05) is 24.0 Å². The molecule has 1 N–H and O–H groups in total. The number of thioether (sulfide) groups is 1. The third kappa shape index (κ3) is 6.34. The lowest BCUT2D eigenvalue weighted by Crippen LogP contribution is -2.28. The number of hydrogen-bond acceptors (Lipinski definition) is 6. The number of nitrogens with one attached hydrogen (secondary N) is 1. The minimum absolute atomic E-state index is 0.110. The lowest BCUT2D eigenvalue weighted by molar-refractivity contribution is -0.140. The molecule has 28 heavy (non-hydrogen) atoms. The Bertz CT molecular complexity index is 914. The molecule has 0 unspecified atom stereocenters. The highest BCUT2D eigenvalue weighted by Gasteiger charge is 2.14. The molecule has 0 saturated heterocycles. The van der Waals surface area contributed by atoms with Crippen LogP contribution in [0.3, 0.4) is 0 Å². The molecule has 152 valence electrons. The van der Waals surface area contributed by atoms with Gasteiger partial charge in [0.05, 0.1) is 23.8 Å². The van der Waals surface area contributed by atoms with Crippen molar-refractivity contribution in [1.82, 2.24) is 14.9 Å². The standard InChI is InChI=1S/C19H24BrN3O4S/c1-12(2)10-23-18(26)14-9-13(20)6-7-15(14)22-19(23)28-11-16(24)21-8-4-5-17(25)27-3/h6-7,9,12H,4-5,8,10-11H2,1-3H3,(H,21,24). The molecule has 1 aromatic carbocycles. The Morgan fingerprint density at radius 2 is 2.11 bits per heavy atom. The number of amides is 1. The molecule has 0 aliphatic carbocycles. The van der Waals surface area contributed by atoms with E-state index in [0.717, 1.165) is 4.47 Å². The Labute approximate surface area is 176 Å². The molecule has 7 nitrogen and oxygen atoms in total. The van der Waals surface area contributed by atoms with Gasteiger partial charge in [-0.25, -0.2) is 4.98 Å². The van der Waals surface area contributed by atoms with E-state index in [1.807, 2.05) is 19.9 Å². The number of nitrogens with zero attached hydrogens (tertiary/aromatic N) is 2. The van der Waals surface area contributed by atoms with Gasteiger partial charge in [0.2, 0.25) is 5.91 Å². The minimum atomic E-state index is -0.298. The van der Waals surface area contributed by atoms with Crippen LogP contribution in [-0.2, 0) is 20.9 Å². The first-order chi connectivity index (χ1) is 13.3. The number of fused-ring (bicyclic) bond motifs is 1. The van der Waals surface area contributed by atoms with Gasteiger partial charge in [-0.1, -0.05) is 41.5 Å². The zero-order valence-corrected chi connectivity index (χ0v) is 18.6.